The molecular weight excluding hydrogens is 346 g/mol. The van der Waals surface area contributed by atoms with Crippen molar-refractivity contribution in [2.24, 2.45) is 0 Å². The number of nitrogen functional groups attached to an aromatic ring is 1. The van der Waals surface area contributed by atoms with Crippen LogP contribution in [0.4, 0.5) is 5.69 Å². The summed E-state index contributed by atoms with van der Waals surface area (Å²) in [4.78, 5) is 4.30. The van der Waals surface area contributed by atoms with Crippen molar-refractivity contribution >= 4 is 31.5 Å². The highest BCUT2D eigenvalue weighted by Crippen LogP contribution is 2.32. The highest BCUT2D eigenvalue weighted by Gasteiger charge is 2.32. The number of hydrogen-bond donors (Lipinski definition) is 1. The van der Waals surface area contributed by atoms with E-state index in [1.165, 1.54) is 0 Å². The maximum Gasteiger partial charge on any atom is 0.259 e. The lowest BCUT2D eigenvalue weighted by atomic mass is 10.1. The third-order valence-electron chi connectivity index (χ3n) is 3.26. The SMILES string of the molecule is Nc1ccc(Br)c(-c2nc(C3CCS(=O)(=O)C3)no2)c1. The normalized spacial score (nSPS) is 21.1. The maximum atomic E-state index is 11.5. The standard InChI is InChI=1S/C12H12BrN3O3S/c13-10-2-1-8(14)5-9(10)12-15-11(16-19-12)7-3-4-20(17,18)6-7/h1-2,5,7H,3-4,6,14H2. The zero-order chi connectivity index (χ0) is 14.3. The van der Waals surface area contributed by atoms with E-state index in [0.717, 1.165) is 4.47 Å². The summed E-state index contributed by atoms with van der Waals surface area (Å²) in [5, 5.41) is 3.90. The van der Waals surface area contributed by atoms with Gasteiger partial charge in [-0.3, -0.25) is 0 Å². The van der Waals surface area contributed by atoms with Gasteiger partial charge in [0.05, 0.1) is 17.1 Å². The van der Waals surface area contributed by atoms with Crippen LogP contribution in [-0.2, 0) is 9.84 Å². The molecule has 3 rings (SSSR count). The first-order valence-electron chi connectivity index (χ1n) is 6.04. The molecule has 0 amide bonds. The summed E-state index contributed by atoms with van der Waals surface area (Å²) >= 11 is 3.40. The molecule has 1 atom stereocenters. The minimum Gasteiger partial charge on any atom is -0.399 e. The van der Waals surface area contributed by atoms with Gasteiger partial charge in [0, 0.05) is 16.1 Å². The van der Waals surface area contributed by atoms with E-state index in [9.17, 15) is 8.42 Å². The number of aromatic nitrogens is 2. The lowest BCUT2D eigenvalue weighted by Gasteiger charge is -2.00. The van der Waals surface area contributed by atoms with Gasteiger partial charge < -0.3 is 10.3 Å². The summed E-state index contributed by atoms with van der Waals surface area (Å²) in [7, 11) is -2.96. The minimum absolute atomic E-state index is 0.0874. The van der Waals surface area contributed by atoms with Crippen LogP contribution in [0.2, 0.25) is 0 Å². The smallest absolute Gasteiger partial charge is 0.259 e. The zero-order valence-corrected chi connectivity index (χ0v) is 12.8. The van der Waals surface area contributed by atoms with Crippen LogP contribution in [0.25, 0.3) is 11.5 Å². The number of sulfone groups is 1. The van der Waals surface area contributed by atoms with E-state index >= 15 is 0 Å². The van der Waals surface area contributed by atoms with E-state index in [0.29, 0.717) is 29.4 Å². The first kappa shape index (κ1) is 13.6. The number of anilines is 1. The van der Waals surface area contributed by atoms with Crippen molar-refractivity contribution in [1.29, 1.82) is 0 Å². The summed E-state index contributed by atoms with van der Waals surface area (Å²) in [5.74, 6) is 0.865. The summed E-state index contributed by atoms with van der Waals surface area (Å²) in [5.41, 5.74) is 7.03. The molecule has 20 heavy (non-hydrogen) atoms. The Morgan fingerprint density at radius 2 is 2.20 bits per heavy atom. The number of nitrogens with two attached hydrogens (primary N) is 1. The van der Waals surface area contributed by atoms with Gasteiger partial charge in [-0.1, -0.05) is 5.16 Å². The molecule has 0 saturated carbocycles. The molecule has 0 bridgehead atoms. The Kier molecular flexibility index (Phi) is 3.29. The predicted molar refractivity (Wildman–Crippen MR) is 77.9 cm³/mol. The summed E-state index contributed by atoms with van der Waals surface area (Å²) < 4.78 is 29.0. The highest BCUT2D eigenvalue weighted by molar-refractivity contribution is 9.10. The average Bonchev–Trinajstić information content (AvgIpc) is 2.98. The topological polar surface area (TPSA) is 99.1 Å². The van der Waals surface area contributed by atoms with Crippen molar-refractivity contribution < 1.29 is 12.9 Å². The Morgan fingerprint density at radius 3 is 2.90 bits per heavy atom. The van der Waals surface area contributed by atoms with Gasteiger partial charge in [-0.2, -0.15) is 4.98 Å². The Bertz CT molecular complexity index is 757. The van der Waals surface area contributed by atoms with Crippen molar-refractivity contribution in [2.45, 2.75) is 12.3 Å². The molecule has 0 radical (unpaired) electrons. The lowest BCUT2D eigenvalue weighted by Crippen LogP contribution is -2.05. The fraction of sp³-hybridized carbons (Fsp3) is 0.333. The summed E-state index contributed by atoms with van der Waals surface area (Å²) in [6.07, 6.45) is 0.541. The van der Waals surface area contributed by atoms with Crippen LogP contribution in [0.3, 0.4) is 0 Å². The zero-order valence-electron chi connectivity index (χ0n) is 10.4. The van der Waals surface area contributed by atoms with Crippen LogP contribution in [0, 0.1) is 0 Å². The molecule has 0 spiro atoms. The number of benzene rings is 1. The average molecular weight is 358 g/mol. The predicted octanol–water partition coefficient (Wildman–Crippen LogP) is 1.98. The van der Waals surface area contributed by atoms with E-state index in [4.69, 9.17) is 10.3 Å². The quantitative estimate of drug-likeness (QED) is 0.825. The lowest BCUT2D eigenvalue weighted by molar-refractivity contribution is 0.417. The van der Waals surface area contributed by atoms with Gasteiger partial charge in [-0.25, -0.2) is 8.42 Å². The van der Waals surface area contributed by atoms with Gasteiger partial charge in [0.25, 0.3) is 5.89 Å². The van der Waals surface area contributed by atoms with Gasteiger partial charge >= 0.3 is 0 Å². The molecule has 6 nitrogen and oxygen atoms in total. The fourth-order valence-electron chi connectivity index (χ4n) is 2.22. The molecule has 0 aliphatic carbocycles. The Hall–Kier alpha value is -1.41. The Labute approximate surface area is 124 Å². The van der Waals surface area contributed by atoms with E-state index in [1.54, 1.807) is 18.2 Å². The second kappa shape index (κ2) is 4.85. The number of nitrogens with zero attached hydrogens (tertiary/aromatic N) is 2. The number of halogens is 1. The largest absolute Gasteiger partial charge is 0.399 e. The van der Waals surface area contributed by atoms with E-state index in [-0.39, 0.29) is 17.4 Å². The molecule has 1 aromatic heterocycles. The molecule has 1 aromatic carbocycles. The third kappa shape index (κ3) is 2.57. The Morgan fingerprint density at radius 1 is 1.40 bits per heavy atom. The molecule has 1 saturated heterocycles. The van der Waals surface area contributed by atoms with Crippen molar-refractivity contribution in [1.82, 2.24) is 10.1 Å². The molecular formula is C12H12BrN3O3S. The molecule has 1 aliphatic rings. The summed E-state index contributed by atoms with van der Waals surface area (Å²) in [6.45, 7) is 0. The van der Waals surface area contributed by atoms with Crippen LogP contribution in [0.1, 0.15) is 18.2 Å². The number of hydrogen-bond acceptors (Lipinski definition) is 6. The molecule has 2 aromatic rings. The molecule has 2 heterocycles. The van der Waals surface area contributed by atoms with E-state index < -0.39 is 9.84 Å². The fourth-order valence-corrected chi connectivity index (χ4v) is 4.37. The molecule has 2 N–H and O–H groups in total. The van der Waals surface area contributed by atoms with Crippen LogP contribution < -0.4 is 5.73 Å². The van der Waals surface area contributed by atoms with Crippen LogP contribution >= 0.6 is 15.9 Å². The Balaban J connectivity index is 1.93. The minimum atomic E-state index is -2.96. The van der Waals surface area contributed by atoms with Crippen LogP contribution in [0.15, 0.2) is 27.2 Å². The molecule has 106 valence electrons. The first-order chi connectivity index (χ1) is 9.44. The second-order valence-corrected chi connectivity index (χ2v) is 7.88. The molecule has 1 fully saturated rings. The van der Waals surface area contributed by atoms with Crippen molar-refractivity contribution in [3.8, 4) is 11.5 Å². The van der Waals surface area contributed by atoms with Gasteiger partial charge in [-0.05, 0) is 40.5 Å². The van der Waals surface area contributed by atoms with Crippen molar-refractivity contribution in [3.05, 3.63) is 28.5 Å². The van der Waals surface area contributed by atoms with Gasteiger partial charge in [0.15, 0.2) is 15.7 Å². The molecule has 1 unspecified atom stereocenters. The first-order valence-corrected chi connectivity index (χ1v) is 8.65. The highest BCUT2D eigenvalue weighted by atomic mass is 79.9. The van der Waals surface area contributed by atoms with E-state index in [1.807, 2.05) is 0 Å². The van der Waals surface area contributed by atoms with Gasteiger partial charge in [0.2, 0.25) is 0 Å². The second-order valence-electron chi connectivity index (χ2n) is 4.80. The van der Waals surface area contributed by atoms with Crippen LogP contribution in [0.5, 0.6) is 0 Å². The third-order valence-corrected chi connectivity index (χ3v) is 5.72. The van der Waals surface area contributed by atoms with Gasteiger partial charge in [0.1, 0.15) is 0 Å². The van der Waals surface area contributed by atoms with E-state index in [2.05, 4.69) is 26.1 Å². The van der Waals surface area contributed by atoms with Crippen molar-refractivity contribution in [3.63, 3.8) is 0 Å². The number of rotatable bonds is 2. The monoisotopic (exact) mass is 357 g/mol. The summed E-state index contributed by atoms with van der Waals surface area (Å²) in [6, 6.07) is 5.29. The van der Waals surface area contributed by atoms with Crippen LogP contribution in [-0.4, -0.2) is 30.1 Å². The molecule has 8 heteroatoms. The van der Waals surface area contributed by atoms with Gasteiger partial charge in [-0.15, -0.1) is 0 Å². The molecule has 1 aliphatic heterocycles. The maximum absolute atomic E-state index is 11.5. The van der Waals surface area contributed by atoms with Crippen molar-refractivity contribution in [2.75, 3.05) is 17.2 Å².